The summed E-state index contributed by atoms with van der Waals surface area (Å²) in [4.78, 5) is 24.6. The molecule has 0 saturated carbocycles. The molecule has 0 aliphatic rings. The van der Waals surface area contributed by atoms with Gasteiger partial charge in [-0.1, -0.05) is 366 Å². The Morgan fingerprint density at radius 1 is 0.350 bits per heavy atom. The third kappa shape index (κ3) is 65.5. The van der Waals surface area contributed by atoms with E-state index in [9.17, 15) is 19.8 Å². The van der Waals surface area contributed by atoms with Gasteiger partial charge in [-0.05, 0) is 57.8 Å². The highest BCUT2D eigenvalue weighted by atomic mass is 16.5. The van der Waals surface area contributed by atoms with E-state index in [0.29, 0.717) is 25.9 Å². The standard InChI is InChI=1S/C74H143NO5/c1-3-5-7-9-11-13-15-17-18-19-38-41-44-48-52-56-60-64-68-74(79)80-69-65-61-57-53-49-45-42-39-36-34-32-30-28-26-24-22-20-21-23-25-27-29-31-33-35-37-40-43-47-51-55-59-63-67-73(78)75-71(70-76)72(77)66-62-58-54-50-46-16-14-12-10-8-6-4-2/h24,26,30,32,71-72,76-77H,3-23,25,27-29,31,33-70H2,1-2H3,(H,75,78)/b26-24-,32-30-. The lowest BCUT2D eigenvalue weighted by Crippen LogP contribution is -2.45. The van der Waals surface area contributed by atoms with Crippen molar-refractivity contribution in [1.29, 1.82) is 0 Å². The molecule has 0 bridgehead atoms. The number of hydrogen-bond donors (Lipinski definition) is 3. The number of unbranched alkanes of at least 4 members (excludes halogenated alkanes) is 54. The molecule has 0 saturated heterocycles. The quantitative estimate of drug-likeness (QED) is 0.0320. The molecule has 0 spiro atoms. The van der Waals surface area contributed by atoms with Crippen molar-refractivity contribution in [3.8, 4) is 0 Å². The monoisotopic (exact) mass is 1130 g/mol. The Labute approximate surface area is 501 Å². The van der Waals surface area contributed by atoms with E-state index in [1.165, 1.54) is 334 Å². The summed E-state index contributed by atoms with van der Waals surface area (Å²) in [5.41, 5.74) is 0. The second-order valence-electron chi connectivity index (χ2n) is 25.3. The maximum Gasteiger partial charge on any atom is 0.305 e. The van der Waals surface area contributed by atoms with Gasteiger partial charge in [0.15, 0.2) is 0 Å². The molecule has 2 unspecified atom stereocenters. The van der Waals surface area contributed by atoms with E-state index >= 15 is 0 Å². The first-order chi connectivity index (χ1) is 39.5. The van der Waals surface area contributed by atoms with Crippen molar-refractivity contribution in [3.63, 3.8) is 0 Å². The highest BCUT2D eigenvalue weighted by Crippen LogP contribution is 2.19. The SMILES string of the molecule is CCCCCCCCCCCCCCCCCCCCC(=O)OCCCCCCCCCCC/C=C\C/C=C\CCCCCCCCCCCCCCCCCCCC(=O)NC(CO)C(O)CCCCCCCCCCCCCC. The molecule has 6 heteroatoms. The van der Waals surface area contributed by atoms with Crippen molar-refractivity contribution in [3.05, 3.63) is 24.3 Å². The molecule has 474 valence electrons. The van der Waals surface area contributed by atoms with Crippen LogP contribution in [-0.4, -0.2) is 47.4 Å². The van der Waals surface area contributed by atoms with Crippen LogP contribution in [0.5, 0.6) is 0 Å². The summed E-state index contributed by atoms with van der Waals surface area (Å²) in [6, 6.07) is -0.539. The Morgan fingerprint density at radius 3 is 0.950 bits per heavy atom. The van der Waals surface area contributed by atoms with E-state index in [-0.39, 0.29) is 18.5 Å². The number of hydrogen-bond acceptors (Lipinski definition) is 5. The van der Waals surface area contributed by atoms with Gasteiger partial charge in [0.2, 0.25) is 5.91 Å². The molecule has 6 nitrogen and oxygen atoms in total. The van der Waals surface area contributed by atoms with Gasteiger partial charge in [0, 0.05) is 12.8 Å². The molecule has 1 amide bonds. The number of rotatable bonds is 69. The number of allylic oxidation sites excluding steroid dienone is 4. The molecular formula is C74H143NO5. The van der Waals surface area contributed by atoms with E-state index in [1.807, 2.05) is 0 Å². The number of aliphatic hydroxyl groups excluding tert-OH is 2. The molecule has 0 fully saturated rings. The van der Waals surface area contributed by atoms with Gasteiger partial charge in [-0.15, -0.1) is 0 Å². The summed E-state index contributed by atoms with van der Waals surface area (Å²) < 4.78 is 5.51. The summed E-state index contributed by atoms with van der Waals surface area (Å²) in [7, 11) is 0. The molecule has 0 rings (SSSR count). The van der Waals surface area contributed by atoms with Crippen molar-refractivity contribution in [2.24, 2.45) is 0 Å². The van der Waals surface area contributed by atoms with Crippen LogP contribution >= 0.6 is 0 Å². The van der Waals surface area contributed by atoms with Crippen LogP contribution in [0.3, 0.4) is 0 Å². The van der Waals surface area contributed by atoms with Crippen LogP contribution in [0.15, 0.2) is 24.3 Å². The molecule has 2 atom stereocenters. The van der Waals surface area contributed by atoms with Gasteiger partial charge in [-0.25, -0.2) is 0 Å². The first kappa shape index (κ1) is 78.3. The average Bonchev–Trinajstić information content (AvgIpc) is 3.46. The minimum atomic E-state index is -0.661. The second-order valence-corrected chi connectivity index (χ2v) is 25.3. The normalized spacial score (nSPS) is 12.6. The van der Waals surface area contributed by atoms with E-state index in [1.54, 1.807) is 0 Å². The van der Waals surface area contributed by atoms with Gasteiger partial charge in [0.25, 0.3) is 0 Å². The van der Waals surface area contributed by atoms with Gasteiger partial charge in [0.1, 0.15) is 0 Å². The van der Waals surface area contributed by atoms with Crippen molar-refractivity contribution in [2.75, 3.05) is 13.2 Å². The molecule has 3 N–H and O–H groups in total. The predicted molar refractivity (Wildman–Crippen MR) is 352 cm³/mol. The highest BCUT2D eigenvalue weighted by molar-refractivity contribution is 5.76. The first-order valence-corrected chi connectivity index (χ1v) is 36.6. The van der Waals surface area contributed by atoms with Gasteiger partial charge >= 0.3 is 5.97 Å². The minimum Gasteiger partial charge on any atom is -0.466 e. The highest BCUT2D eigenvalue weighted by Gasteiger charge is 2.20. The first-order valence-electron chi connectivity index (χ1n) is 36.6. The number of carbonyl (C=O) groups is 2. The molecule has 0 heterocycles. The molecule has 0 aromatic heterocycles. The zero-order valence-electron chi connectivity index (χ0n) is 54.3. The Bertz CT molecular complexity index is 1250. The molecule has 0 aliphatic heterocycles. The molecule has 0 aromatic carbocycles. The van der Waals surface area contributed by atoms with Crippen LogP contribution in [0.1, 0.15) is 412 Å². The Hall–Kier alpha value is -1.66. The maximum absolute atomic E-state index is 12.5. The summed E-state index contributed by atoms with van der Waals surface area (Å²) in [5.74, 6) is -0.0121. The number of ether oxygens (including phenoxy) is 1. The number of amides is 1. The van der Waals surface area contributed by atoms with Crippen molar-refractivity contribution in [2.45, 2.75) is 424 Å². The molecular weight excluding hydrogens is 983 g/mol. The second kappa shape index (κ2) is 69.8. The summed E-state index contributed by atoms with van der Waals surface area (Å²) in [5, 5.41) is 23.3. The molecule has 80 heavy (non-hydrogen) atoms. The Morgan fingerprint density at radius 2 is 0.625 bits per heavy atom. The fourth-order valence-electron chi connectivity index (χ4n) is 11.7. The lowest BCUT2D eigenvalue weighted by atomic mass is 10.0. The van der Waals surface area contributed by atoms with E-state index in [4.69, 9.17) is 4.74 Å². The lowest BCUT2D eigenvalue weighted by Gasteiger charge is -2.22. The van der Waals surface area contributed by atoms with Crippen molar-refractivity contribution in [1.82, 2.24) is 5.32 Å². The Kier molecular flexibility index (Phi) is 68.4. The topological polar surface area (TPSA) is 95.9 Å². The van der Waals surface area contributed by atoms with Gasteiger partial charge in [-0.3, -0.25) is 9.59 Å². The summed E-state index contributed by atoms with van der Waals surface area (Å²) in [6.45, 7) is 4.98. The van der Waals surface area contributed by atoms with Gasteiger partial charge < -0.3 is 20.3 Å². The van der Waals surface area contributed by atoms with E-state index in [2.05, 4.69) is 43.5 Å². The number of esters is 1. The average molecular weight is 1130 g/mol. The van der Waals surface area contributed by atoms with Crippen LogP contribution < -0.4 is 5.32 Å². The van der Waals surface area contributed by atoms with Crippen molar-refractivity contribution < 1.29 is 24.5 Å². The van der Waals surface area contributed by atoms with Crippen molar-refractivity contribution >= 4 is 11.9 Å². The number of aliphatic hydroxyl groups is 2. The largest absolute Gasteiger partial charge is 0.466 e. The smallest absolute Gasteiger partial charge is 0.305 e. The fraction of sp³-hybridized carbons (Fsp3) is 0.919. The minimum absolute atomic E-state index is 0.0193. The third-order valence-electron chi connectivity index (χ3n) is 17.3. The lowest BCUT2D eigenvalue weighted by molar-refractivity contribution is -0.143. The Balaban J connectivity index is 3.34. The number of nitrogens with one attached hydrogen (secondary N) is 1. The van der Waals surface area contributed by atoms with E-state index in [0.717, 1.165) is 44.9 Å². The molecule has 0 aromatic rings. The zero-order chi connectivity index (χ0) is 57.8. The van der Waals surface area contributed by atoms with Crippen LogP contribution in [-0.2, 0) is 14.3 Å². The van der Waals surface area contributed by atoms with Gasteiger partial charge in [0.05, 0.1) is 25.4 Å². The van der Waals surface area contributed by atoms with E-state index < -0.39 is 12.1 Å². The van der Waals surface area contributed by atoms with Crippen LogP contribution in [0.25, 0.3) is 0 Å². The maximum atomic E-state index is 12.5. The summed E-state index contributed by atoms with van der Waals surface area (Å²) >= 11 is 0. The summed E-state index contributed by atoms with van der Waals surface area (Å²) in [6.07, 6.45) is 88.2. The number of carbonyl (C=O) groups excluding carboxylic acids is 2. The van der Waals surface area contributed by atoms with Crippen LogP contribution in [0.4, 0.5) is 0 Å². The molecule has 0 aliphatic carbocycles. The fourth-order valence-corrected chi connectivity index (χ4v) is 11.7. The zero-order valence-corrected chi connectivity index (χ0v) is 54.3. The molecule has 0 radical (unpaired) electrons. The predicted octanol–water partition coefficient (Wildman–Crippen LogP) is 23.7. The van der Waals surface area contributed by atoms with Crippen LogP contribution in [0.2, 0.25) is 0 Å². The van der Waals surface area contributed by atoms with Gasteiger partial charge in [-0.2, -0.15) is 0 Å². The third-order valence-corrected chi connectivity index (χ3v) is 17.3. The van der Waals surface area contributed by atoms with Crippen LogP contribution in [0, 0.1) is 0 Å².